The van der Waals surface area contributed by atoms with Crippen molar-refractivity contribution in [3.05, 3.63) is 119 Å². The molecule has 0 saturated heterocycles. The maximum absolute atomic E-state index is 3.60. The van der Waals surface area contributed by atoms with Crippen LogP contribution in [0.4, 0.5) is 0 Å². The summed E-state index contributed by atoms with van der Waals surface area (Å²) in [7, 11) is 0. The molecule has 0 nitrogen and oxygen atoms in total. The summed E-state index contributed by atoms with van der Waals surface area (Å²) in [5.74, 6) is 0. The van der Waals surface area contributed by atoms with Gasteiger partial charge in [-0.3, -0.25) is 0 Å². The topological polar surface area (TPSA) is 0 Å². The first-order valence-electron chi connectivity index (χ1n) is 16.6. The minimum absolute atomic E-state index is 0. The van der Waals surface area contributed by atoms with Gasteiger partial charge in [0, 0.05) is 0 Å². The first-order valence-corrected chi connectivity index (χ1v) is 16.6. The van der Waals surface area contributed by atoms with Gasteiger partial charge >= 0.3 is 26.2 Å². The molecule has 0 aliphatic heterocycles. The molecule has 0 spiro atoms. The third-order valence-corrected chi connectivity index (χ3v) is 10.1. The molecule has 44 heavy (non-hydrogen) atoms. The van der Waals surface area contributed by atoms with Gasteiger partial charge in [0.05, 0.1) is 0 Å². The average Bonchev–Trinajstić information content (AvgIpc) is 3.78. The van der Waals surface area contributed by atoms with Crippen LogP contribution in [-0.4, -0.2) is 0 Å². The Balaban J connectivity index is 0.000000385. The second kappa shape index (κ2) is 13.1. The summed E-state index contributed by atoms with van der Waals surface area (Å²) in [5.41, 5.74) is 12.0. The van der Waals surface area contributed by atoms with Crippen LogP contribution in [-0.2, 0) is 57.3 Å². The largest absolute Gasteiger partial charge is 4.00 e. The van der Waals surface area contributed by atoms with Crippen LogP contribution in [0.15, 0.2) is 60.7 Å². The van der Waals surface area contributed by atoms with E-state index in [9.17, 15) is 0 Å². The molecular weight excluding hydrogens is 608 g/mol. The summed E-state index contributed by atoms with van der Waals surface area (Å²) >= 11 is 0. The number of unbranched alkanes of at least 4 members (excludes halogenated alkanes) is 2. The van der Waals surface area contributed by atoms with E-state index < -0.39 is 0 Å². The van der Waals surface area contributed by atoms with Crippen LogP contribution in [0.2, 0.25) is 0 Å². The van der Waals surface area contributed by atoms with Gasteiger partial charge in [0.2, 0.25) is 0 Å². The van der Waals surface area contributed by atoms with Gasteiger partial charge in [-0.2, -0.15) is 25.0 Å². The summed E-state index contributed by atoms with van der Waals surface area (Å²) in [6.45, 7) is 21.0. The number of hydrogen-bond acceptors (Lipinski definition) is 0. The molecule has 8 rings (SSSR count). The Morgan fingerprint density at radius 3 is 1.32 bits per heavy atom. The van der Waals surface area contributed by atoms with E-state index in [0.717, 1.165) is 12.8 Å². The third-order valence-electron chi connectivity index (χ3n) is 10.1. The first-order chi connectivity index (χ1) is 20.8. The smallest absolute Gasteiger partial charge is 0.343 e. The molecule has 0 fully saturated rings. The van der Waals surface area contributed by atoms with Crippen molar-refractivity contribution < 1.29 is 26.2 Å². The number of fused-ring (bicyclic) bond motifs is 4. The molecule has 6 aromatic rings. The van der Waals surface area contributed by atoms with E-state index in [4.69, 9.17) is 0 Å². The predicted octanol–water partition coefficient (Wildman–Crippen LogP) is 12.1. The monoisotopic (exact) mass is 654 g/mol. The Morgan fingerprint density at radius 1 is 0.591 bits per heavy atom. The van der Waals surface area contributed by atoms with Gasteiger partial charge in [0.25, 0.3) is 0 Å². The van der Waals surface area contributed by atoms with Gasteiger partial charge in [-0.05, 0) is 47.6 Å². The normalized spacial score (nSPS) is 13.3. The molecule has 2 aliphatic rings. The van der Waals surface area contributed by atoms with Crippen molar-refractivity contribution in [3.63, 3.8) is 0 Å². The first kappa shape index (κ1) is 32.9. The molecule has 0 saturated carbocycles. The van der Waals surface area contributed by atoms with Crippen molar-refractivity contribution in [3.8, 4) is 0 Å². The SMILES string of the molecule is Cc1cc2c3cccc4c3c(cc2[c-]1C(C)(C)[c-]1c(C)cc2c3cccc5c3c(cc21)CC5)CC4.[CH2-]CCC.[CH2-]CCC.[Zr+4]. The van der Waals surface area contributed by atoms with Crippen molar-refractivity contribution in [1.82, 2.24) is 0 Å². The van der Waals surface area contributed by atoms with Gasteiger partial charge in [0.1, 0.15) is 0 Å². The van der Waals surface area contributed by atoms with Crippen LogP contribution in [0.3, 0.4) is 0 Å². The van der Waals surface area contributed by atoms with Crippen LogP contribution in [0.1, 0.15) is 97.9 Å². The Kier molecular flexibility index (Phi) is 9.78. The Bertz CT molecular complexity index is 1810. The van der Waals surface area contributed by atoms with Crippen molar-refractivity contribution in [1.29, 1.82) is 0 Å². The number of rotatable bonds is 4. The van der Waals surface area contributed by atoms with E-state index in [1.54, 1.807) is 11.1 Å². The maximum atomic E-state index is 3.60. The summed E-state index contributed by atoms with van der Waals surface area (Å²) in [6.07, 6.45) is 9.26. The summed E-state index contributed by atoms with van der Waals surface area (Å²) in [5, 5.41) is 11.8. The predicted molar refractivity (Wildman–Crippen MR) is 191 cm³/mol. The molecular formula is C43H48Zr. The standard InChI is InChI=1S/C35H30.2C4H9.Zr/c1-19-15-27-25-9-5-7-21-11-13-23(31(21)25)17-29(27)33(19)35(3,4)34-20(2)16-28-26-10-6-8-22-12-14-24(32(22)26)18-30(28)34;2*1-3-4-2;/h5-10,15-18H,11-14H2,1-4H3;2*1,3-4H2,2H3;/q-2;2*-1;+4. The zero-order valence-corrected chi connectivity index (χ0v) is 30.3. The van der Waals surface area contributed by atoms with Crippen molar-refractivity contribution in [2.24, 2.45) is 0 Å². The van der Waals surface area contributed by atoms with Gasteiger partial charge in [-0.1, -0.05) is 118 Å². The molecule has 0 unspecified atom stereocenters. The number of benzene rings is 4. The van der Waals surface area contributed by atoms with E-state index in [1.807, 2.05) is 0 Å². The maximum Gasteiger partial charge on any atom is 4.00 e. The molecule has 0 N–H and O–H groups in total. The second-order valence-electron chi connectivity index (χ2n) is 13.4. The molecule has 2 aliphatic carbocycles. The number of hydrogen-bond donors (Lipinski definition) is 0. The van der Waals surface area contributed by atoms with Crippen LogP contribution in [0, 0.1) is 27.7 Å². The van der Waals surface area contributed by atoms with E-state index in [2.05, 4.69) is 116 Å². The van der Waals surface area contributed by atoms with Crippen molar-refractivity contribution >= 4 is 43.1 Å². The molecule has 0 bridgehead atoms. The Morgan fingerprint density at radius 2 is 0.955 bits per heavy atom. The second-order valence-corrected chi connectivity index (χ2v) is 13.4. The van der Waals surface area contributed by atoms with Crippen LogP contribution in [0.25, 0.3) is 43.1 Å². The van der Waals surface area contributed by atoms with Gasteiger partial charge in [0.15, 0.2) is 0 Å². The van der Waals surface area contributed by atoms with Crippen LogP contribution < -0.4 is 0 Å². The Labute approximate surface area is 285 Å². The van der Waals surface area contributed by atoms with E-state index in [0.29, 0.717) is 0 Å². The average molecular weight is 656 g/mol. The van der Waals surface area contributed by atoms with Crippen LogP contribution >= 0.6 is 0 Å². The fourth-order valence-electron chi connectivity index (χ4n) is 8.21. The molecule has 0 aromatic heterocycles. The summed E-state index contributed by atoms with van der Waals surface area (Å²) in [4.78, 5) is 0. The molecule has 0 amide bonds. The summed E-state index contributed by atoms with van der Waals surface area (Å²) in [6, 6.07) is 23.9. The Hall–Kier alpha value is -2.50. The third kappa shape index (κ3) is 5.26. The fraction of sp³-hybridized carbons (Fsp3) is 0.349. The fourth-order valence-corrected chi connectivity index (χ4v) is 8.21. The van der Waals surface area contributed by atoms with Gasteiger partial charge < -0.3 is 13.8 Å². The zero-order chi connectivity index (χ0) is 30.5. The quantitative estimate of drug-likeness (QED) is 0.166. The molecule has 224 valence electrons. The molecule has 0 radical (unpaired) electrons. The molecule has 0 heterocycles. The van der Waals surface area contributed by atoms with Gasteiger partial charge in [-0.25, -0.2) is 0 Å². The molecule has 0 atom stereocenters. The zero-order valence-electron chi connectivity index (χ0n) is 27.8. The molecule has 1 heteroatoms. The minimum atomic E-state index is -0.0785. The van der Waals surface area contributed by atoms with Gasteiger partial charge in [-0.15, -0.1) is 55.9 Å². The molecule has 6 aromatic carbocycles. The van der Waals surface area contributed by atoms with Crippen molar-refractivity contribution in [2.45, 2.75) is 98.3 Å². The van der Waals surface area contributed by atoms with Crippen LogP contribution in [0.5, 0.6) is 0 Å². The minimum Gasteiger partial charge on any atom is -0.343 e. The van der Waals surface area contributed by atoms with E-state index in [-0.39, 0.29) is 31.6 Å². The number of aryl methyl sites for hydroxylation is 6. The van der Waals surface area contributed by atoms with E-state index in [1.165, 1.54) is 115 Å². The van der Waals surface area contributed by atoms with Crippen molar-refractivity contribution in [2.75, 3.05) is 0 Å². The van der Waals surface area contributed by atoms with E-state index >= 15 is 0 Å². The summed E-state index contributed by atoms with van der Waals surface area (Å²) < 4.78 is 0.